The molecule has 1 atom stereocenters. The summed E-state index contributed by atoms with van der Waals surface area (Å²) in [4.78, 5) is 0. The Morgan fingerprint density at radius 3 is 2.32 bits per heavy atom. The van der Waals surface area contributed by atoms with Crippen LogP contribution in [0, 0.1) is 6.92 Å². The molecule has 0 spiro atoms. The molecule has 0 aromatic heterocycles. The molecule has 100 valence electrons. The van der Waals surface area contributed by atoms with E-state index >= 15 is 0 Å². The van der Waals surface area contributed by atoms with Crippen molar-refractivity contribution in [2.45, 2.75) is 19.4 Å². The molecule has 0 fully saturated rings. The van der Waals surface area contributed by atoms with Gasteiger partial charge < -0.3 is 5.11 Å². The second-order valence-corrected chi connectivity index (χ2v) is 6.39. The second kappa shape index (κ2) is 5.45. The van der Waals surface area contributed by atoms with Crippen LogP contribution in [0.1, 0.15) is 23.6 Å². The number of hydrogen-bond acceptors (Lipinski definition) is 1. The van der Waals surface area contributed by atoms with E-state index in [9.17, 15) is 5.11 Å². The maximum Gasteiger partial charge on any atom is 0.113 e. The Hall–Kier alpha value is -0.540. The lowest BCUT2D eigenvalue weighted by atomic mass is 9.88. The van der Waals surface area contributed by atoms with Crippen molar-refractivity contribution in [3.05, 3.63) is 67.6 Å². The van der Waals surface area contributed by atoms with Crippen LogP contribution >= 0.6 is 39.1 Å². The number of halogens is 3. The highest BCUT2D eigenvalue weighted by Gasteiger charge is 2.28. The first-order chi connectivity index (χ1) is 8.82. The molecule has 0 bridgehead atoms. The lowest BCUT2D eigenvalue weighted by Gasteiger charge is -2.26. The predicted octanol–water partition coefficient (Wildman–Crippen LogP) is 5.32. The molecular formula is C15H13BrCl2O. The number of hydrogen-bond donors (Lipinski definition) is 1. The summed E-state index contributed by atoms with van der Waals surface area (Å²) >= 11 is 15.7. The molecule has 0 radical (unpaired) electrons. The first-order valence-corrected chi connectivity index (χ1v) is 7.32. The van der Waals surface area contributed by atoms with Crippen LogP contribution in [-0.2, 0) is 5.60 Å². The van der Waals surface area contributed by atoms with Crippen LogP contribution in [0.5, 0.6) is 0 Å². The van der Waals surface area contributed by atoms with Gasteiger partial charge in [-0.15, -0.1) is 0 Å². The van der Waals surface area contributed by atoms with E-state index in [-0.39, 0.29) is 0 Å². The third-order valence-corrected chi connectivity index (χ3v) is 4.40. The quantitative estimate of drug-likeness (QED) is 0.769. The van der Waals surface area contributed by atoms with Crippen molar-refractivity contribution in [1.29, 1.82) is 0 Å². The molecule has 0 aliphatic rings. The van der Waals surface area contributed by atoms with E-state index in [0.717, 1.165) is 10.0 Å². The fourth-order valence-corrected chi connectivity index (χ4v) is 2.97. The van der Waals surface area contributed by atoms with Gasteiger partial charge in [0.1, 0.15) is 5.60 Å². The van der Waals surface area contributed by atoms with E-state index in [1.165, 1.54) is 0 Å². The van der Waals surface area contributed by atoms with Crippen LogP contribution in [0.2, 0.25) is 10.0 Å². The van der Waals surface area contributed by atoms with Gasteiger partial charge in [-0.3, -0.25) is 0 Å². The fourth-order valence-electron chi connectivity index (χ4n) is 1.94. The maximum atomic E-state index is 10.8. The average molecular weight is 360 g/mol. The molecule has 4 heteroatoms. The minimum absolute atomic E-state index is 0.510. The maximum absolute atomic E-state index is 10.8. The van der Waals surface area contributed by atoms with Gasteiger partial charge in [0.15, 0.2) is 0 Å². The molecule has 0 aliphatic carbocycles. The van der Waals surface area contributed by atoms with E-state index in [4.69, 9.17) is 23.2 Å². The molecule has 0 amide bonds. The first kappa shape index (κ1) is 14.9. The van der Waals surface area contributed by atoms with Gasteiger partial charge in [0.05, 0.1) is 0 Å². The van der Waals surface area contributed by atoms with Crippen LogP contribution in [0.25, 0.3) is 0 Å². The molecular weight excluding hydrogens is 347 g/mol. The summed E-state index contributed by atoms with van der Waals surface area (Å²) in [6.07, 6.45) is 0. The normalized spacial score (nSPS) is 14.2. The minimum Gasteiger partial charge on any atom is -0.381 e. The monoisotopic (exact) mass is 358 g/mol. The average Bonchev–Trinajstić information content (AvgIpc) is 2.32. The topological polar surface area (TPSA) is 20.2 Å². The van der Waals surface area contributed by atoms with Crippen molar-refractivity contribution in [3.8, 4) is 0 Å². The van der Waals surface area contributed by atoms with Crippen LogP contribution < -0.4 is 0 Å². The molecule has 2 rings (SSSR count). The van der Waals surface area contributed by atoms with Gasteiger partial charge >= 0.3 is 0 Å². The molecule has 2 aromatic rings. The highest BCUT2D eigenvalue weighted by molar-refractivity contribution is 9.10. The lowest BCUT2D eigenvalue weighted by molar-refractivity contribution is 0.102. The molecule has 1 unspecified atom stereocenters. The van der Waals surface area contributed by atoms with Crippen molar-refractivity contribution in [1.82, 2.24) is 0 Å². The van der Waals surface area contributed by atoms with Crippen LogP contribution in [0.4, 0.5) is 0 Å². The van der Waals surface area contributed by atoms with Gasteiger partial charge in [-0.05, 0) is 43.2 Å². The molecule has 1 N–H and O–H groups in total. The Bertz CT molecular complexity index is 624. The van der Waals surface area contributed by atoms with E-state index in [1.807, 2.05) is 25.1 Å². The van der Waals surface area contributed by atoms with Gasteiger partial charge in [0, 0.05) is 20.1 Å². The fraction of sp³-hybridized carbons (Fsp3) is 0.200. The Labute approximate surface area is 131 Å². The van der Waals surface area contributed by atoms with Gasteiger partial charge in [-0.25, -0.2) is 0 Å². The highest BCUT2D eigenvalue weighted by Crippen LogP contribution is 2.36. The highest BCUT2D eigenvalue weighted by atomic mass is 79.9. The lowest BCUT2D eigenvalue weighted by Crippen LogP contribution is -2.23. The van der Waals surface area contributed by atoms with Gasteiger partial charge in [0.25, 0.3) is 0 Å². The standard InChI is InChI=1S/C15H13BrCl2O/c1-9-3-4-10(7-13(9)17)15(2,19)12-6-5-11(16)8-14(12)18/h3-8,19H,1-2H3. The summed E-state index contributed by atoms with van der Waals surface area (Å²) in [5.41, 5.74) is 1.16. The predicted molar refractivity (Wildman–Crippen MR) is 84.0 cm³/mol. The largest absolute Gasteiger partial charge is 0.381 e. The third kappa shape index (κ3) is 2.97. The smallest absolute Gasteiger partial charge is 0.113 e. The minimum atomic E-state index is -1.19. The molecule has 0 aliphatic heterocycles. The first-order valence-electron chi connectivity index (χ1n) is 5.77. The van der Waals surface area contributed by atoms with Gasteiger partial charge in [-0.2, -0.15) is 0 Å². The molecule has 0 saturated carbocycles. The Kier molecular flexibility index (Phi) is 4.26. The van der Waals surface area contributed by atoms with Crippen molar-refractivity contribution in [3.63, 3.8) is 0 Å². The number of benzene rings is 2. The summed E-state index contributed by atoms with van der Waals surface area (Å²) in [6, 6.07) is 10.9. The molecule has 1 nitrogen and oxygen atoms in total. The summed E-state index contributed by atoms with van der Waals surface area (Å²) in [5.74, 6) is 0. The van der Waals surface area contributed by atoms with Gasteiger partial charge in [-0.1, -0.05) is 57.3 Å². The van der Waals surface area contributed by atoms with E-state index in [1.54, 1.807) is 25.1 Å². The zero-order valence-electron chi connectivity index (χ0n) is 10.5. The van der Waals surface area contributed by atoms with Crippen LogP contribution in [-0.4, -0.2) is 5.11 Å². The van der Waals surface area contributed by atoms with Crippen LogP contribution in [0.15, 0.2) is 40.9 Å². The van der Waals surface area contributed by atoms with Crippen LogP contribution in [0.3, 0.4) is 0 Å². The molecule has 0 heterocycles. The SMILES string of the molecule is Cc1ccc(C(C)(O)c2ccc(Br)cc2Cl)cc1Cl. The van der Waals surface area contributed by atoms with Gasteiger partial charge in [0.2, 0.25) is 0 Å². The van der Waals surface area contributed by atoms with Crippen molar-refractivity contribution < 1.29 is 5.11 Å². The van der Waals surface area contributed by atoms with E-state index < -0.39 is 5.60 Å². The summed E-state index contributed by atoms with van der Waals surface area (Å²) < 4.78 is 0.874. The van der Waals surface area contributed by atoms with E-state index in [0.29, 0.717) is 21.2 Å². The molecule has 0 saturated heterocycles. The van der Waals surface area contributed by atoms with Crippen molar-refractivity contribution in [2.75, 3.05) is 0 Å². The third-order valence-electron chi connectivity index (χ3n) is 3.19. The number of aliphatic hydroxyl groups is 1. The zero-order valence-corrected chi connectivity index (χ0v) is 13.6. The van der Waals surface area contributed by atoms with Crippen molar-refractivity contribution >= 4 is 39.1 Å². The second-order valence-electron chi connectivity index (χ2n) is 4.66. The number of aryl methyl sites for hydroxylation is 1. The molecule has 19 heavy (non-hydrogen) atoms. The Morgan fingerprint density at radius 2 is 1.74 bits per heavy atom. The number of rotatable bonds is 2. The molecule has 2 aromatic carbocycles. The zero-order chi connectivity index (χ0) is 14.2. The summed E-state index contributed by atoms with van der Waals surface area (Å²) in [5, 5.41) is 11.9. The summed E-state index contributed by atoms with van der Waals surface area (Å²) in [6.45, 7) is 3.64. The Morgan fingerprint density at radius 1 is 1.05 bits per heavy atom. The van der Waals surface area contributed by atoms with E-state index in [2.05, 4.69) is 15.9 Å². The Balaban J connectivity index is 2.54. The summed E-state index contributed by atoms with van der Waals surface area (Å²) in [7, 11) is 0. The van der Waals surface area contributed by atoms with Crippen molar-refractivity contribution in [2.24, 2.45) is 0 Å².